The van der Waals surface area contributed by atoms with E-state index < -0.39 is 6.10 Å². The van der Waals surface area contributed by atoms with Crippen molar-refractivity contribution in [2.75, 3.05) is 13.2 Å². The monoisotopic (exact) mass is 311 g/mol. The molecule has 3 nitrogen and oxygen atoms in total. The van der Waals surface area contributed by atoms with Gasteiger partial charge in [-0.2, -0.15) is 0 Å². The van der Waals surface area contributed by atoms with Gasteiger partial charge in [0.2, 0.25) is 0 Å². The van der Waals surface area contributed by atoms with Crippen molar-refractivity contribution in [1.82, 2.24) is 5.32 Å². The molecule has 1 fully saturated rings. The molecule has 4 heteroatoms. The third kappa shape index (κ3) is 4.87. The van der Waals surface area contributed by atoms with Gasteiger partial charge in [0.1, 0.15) is 18.5 Å². The van der Waals surface area contributed by atoms with Crippen LogP contribution in [0.2, 0.25) is 5.02 Å². The predicted molar refractivity (Wildman–Crippen MR) is 87.0 cm³/mol. The molecule has 118 valence electrons. The Kier molecular flexibility index (Phi) is 5.91. The van der Waals surface area contributed by atoms with Crippen LogP contribution in [-0.2, 0) is 0 Å². The summed E-state index contributed by atoms with van der Waals surface area (Å²) in [7, 11) is 0. The Bertz CT molecular complexity index is 450. The van der Waals surface area contributed by atoms with Crippen molar-refractivity contribution in [3.05, 3.63) is 29.3 Å². The number of aliphatic hydroxyl groups is 1. The second-order valence-electron chi connectivity index (χ2n) is 6.59. The van der Waals surface area contributed by atoms with E-state index in [2.05, 4.69) is 19.2 Å². The first-order chi connectivity index (χ1) is 9.99. The third-order valence-electron chi connectivity index (χ3n) is 4.37. The lowest BCUT2D eigenvalue weighted by molar-refractivity contribution is 0.0879. The van der Waals surface area contributed by atoms with Gasteiger partial charge >= 0.3 is 0 Å². The van der Waals surface area contributed by atoms with Gasteiger partial charge in [0.25, 0.3) is 0 Å². The van der Waals surface area contributed by atoms with E-state index in [1.54, 1.807) is 6.07 Å². The average molecular weight is 312 g/mol. The van der Waals surface area contributed by atoms with Crippen molar-refractivity contribution >= 4 is 11.6 Å². The molecule has 1 aromatic rings. The van der Waals surface area contributed by atoms with E-state index in [1.165, 1.54) is 25.7 Å². The molecule has 21 heavy (non-hydrogen) atoms. The number of hydrogen-bond acceptors (Lipinski definition) is 3. The summed E-state index contributed by atoms with van der Waals surface area (Å²) in [5, 5.41) is 14.1. The molecule has 1 aliphatic rings. The number of aliphatic hydroxyl groups excluding tert-OH is 1. The Labute approximate surface area is 132 Å². The maximum atomic E-state index is 10.1. The fraction of sp³-hybridized carbons (Fsp3) is 0.647. The molecule has 0 spiro atoms. The van der Waals surface area contributed by atoms with E-state index in [0.29, 0.717) is 28.8 Å². The Morgan fingerprint density at radius 3 is 2.86 bits per heavy atom. The molecule has 0 bridgehead atoms. The molecule has 0 amide bonds. The lowest BCUT2D eigenvalue weighted by Crippen LogP contribution is -2.47. The summed E-state index contributed by atoms with van der Waals surface area (Å²) < 4.78 is 5.57. The number of para-hydroxylation sites is 1. The van der Waals surface area contributed by atoms with Crippen LogP contribution >= 0.6 is 11.6 Å². The summed E-state index contributed by atoms with van der Waals surface area (Å²) in [6.45, 7) is 5.41. The standard InChI is InChI=1S/C17H26ClNO2/c1-17(2)10-6-5-9-16(17)19-11-13(20)12-21-15-8-4-3-7-14(15)18/h3-4,7-8,13,16,19-20H,5-6,9-12H2,1-2H3. The Hall–Kier alpha value is -0.770. The highest BCUT2D eigenvalue weighted by Crippen LogP contribution is 2.35. The number of ether oxygens (including phenoxy) is 1. The van der Waals surface area contributed by atoms with Crippen molar-refractivity contribution in [3.63, 3.8) is 0 Å². The quantitative estimate of drug-likeness (QED) is 0.843. The van der Waals surface area contributed by atoms with Crippen molar-refractivity contribution in [2.24, 2.45) is 5.41 Å². The van der Waals surface area contributed by atoms with Crippen LogP contribution in [0, 0.1) is 5.41 Å². The maximum Gasteiger partial charge on any atom is 0.138 e. The third-order valence-corrected chi connectivity index (χ3v) is 4.69. The highest BCUT2D eigenvalue weighted by Gasteiger charge is 2.31. The molecule has 0 saturated heterocycles. The average Bonchev–Trinajstić information content (AvgIpc) is 2.45. The van der Waals surface area contributed by atoms with Crippen LogP contribution in [0.25, 0.3) is 0 Å². The molecule has 0 aromatic heterocycles. The molecule has 2 unspecified atom stereocenters. The fourth-order valence-corrected chi connectivity index (χ4v) is 3.15. The summed E-state index contributed by atoms with van der Waals surface area (Å²) in [5.74, 6) is 0.621. The van der Waals surface area contributed by atoms with Gasteiger partial charge in [0.15, 0.2) is 0 Å². The van der Waals surface area contributed by atoms with E-state index in [-0.39, 0.29) is 6.61 Å². The first kappa shape index (κ1) is 16.6. The van der Waals surface area contributed by atoms with Gasteiger partial charge in [-0.3, -0.25) is 0 Å². The van der Waals surface area contributed by atoms with Crippen molar-refractivity contribution < 1.29 is 9.84 Å². The second kappa shape index (κ2) is 7.48. The van der Waals surface area contributed by atoms with Crippen LogP contribution in [0.3, 0.4) is 0 Å². The van der Waals surface area contributed by atoms with E-state index in [9.17, 15) is 5.11 Å². The van der Waals surface area contributed by atoms with Gasteiger partial charge in [-0.05, 0) is 30.4 Å². The minimum Gasteiger partial charge on any atom is -0.489 e. The number of hydrogen-bond donors (Lipinski definition) is 2. The molecule has 1 aromatic carbocycles. The molecule has 2 rings (SSSR count). The minimum atomic E-state index is -0.529. The minimum absolute atomic E-state index is 0.254. The zero-order chi connectivity index (χ0) is 15.3. The number of benzene rings is 1. The highest BCUT2D eigenvalue weighted by atomic mass is 35.5. The van der Waals surface area contributed by atoms with Gasteiger partial charge in [-0.15, -0.1) is 0 Å². The highest BCUT2D eigenvalue weighted by molar-refractivity contribution is 6.32. The molecule has 1 saturated carbocycles. The molecule has 2 atom stereocenters. The van der Waals surface area contributed by atoms with Crippen LogP contribution in [0.1, 0.15) is 39.5 Å². The van der Waals surface area contributed by atoms with E-state index >= 15 is 0 Å². The molecule has 1 aliphatic carbocycles. The molecule has 2 N–H and O–H groups in total. The van der Waals surface area contributed by atoms with Crippen molar-refractivity contribution in [3.8, 4) is 5.75 Å². The van der Waals surface area contributed by atoms with Crippen LogP contribution < -0.4 is 10.1 Å². The van der Waals surface area contributed by atoms with Crippen LogP contribution in [-0.4, -0.2) is 30.4 Å². The topological polar surface area (TPSA) is 41.5 Å². The first-order valence-electron chi connectivity index (χ1n) is 7.78. The lowest BCUT2D eigenvalue weighted by Gasteiger charge is -2.39. The normalized spacial score (nSPS) is 22.8. The number of halogens is 1. The zero-order valence-corrected chi connectivity index (χ0v) is 13.7. The largest absolute Gasteiger partial charge is 0.489 e. The van der Waals surface area contributed by atoms with E-state index in [0.717, 1.165) is 0 Å². The summed E-state index contributed by atoms with van der Waals surface area (Å²) in [4.78, 5) is 0. The molecule has 0 radical (unpaired) electrons. The smallest absolute Gasteiger partial charge is 0.138 e. The SMILES string of the molecule is CC1(C)CCCCC1NCC(O)COc1ccccc1Cl. The summed E-state index contributed by atoms with van der Waals surface area (Å²) in [6.07, 6.45) is 4.48. The van der Waals surface area contributed by atoms with Gasteiger partial charge in [-0.1, -0.05) is 50.4 Å². The lowest BCUT2D eigenvalue weighted by atomic mass is 9.73. The fourth-order valence-electron chi connectivity index (χ4n) is 2.96. The van der Waals surface area contributed by atoms with Gasteiger partial charge < -0.3 is 15.2 Å². The molecule has 0 heterocycles. The predicted octanol–water partition coefficient (Wildman–Crippen LogP) is 3.64. The molecule has 0 aliphatic heterocycles. The van der Waals surface area contributed by atoms with Gasteiger partial charge in [0, 0.05) is 12.6 Å². The summed E-state index contributed by atoms with van der Waals surface area (Å²) in [5.41, 5.74) is 0.307. The first-order valence-corrected chi connectivity index (χ1v) is 8.15. The van der Waals surface area contributed by atoms with Gasteiger partial charge in [-0.25, -0.2) is 0 Å². The zero-order valence-electron chi connectivity index (χ0n) is 12.9. The summed E-state index contributed by atoms with van der Waals surface area (Å²) >= 11 is 6.02. The molecular weight excluding hydrogens is 286 g/mol. The Morgan fingerprint density at radius 2 is 2.14 bits per heavy atom. The van der Waals surface area contributed by atoms with Gasteiger partial charge in [0.05, 0.1) is 5.02 Å². The second-order valence-corrected chi connectivity index (χ2v) is 7.00. The van der Waals surface area contributed by atoms with E-state index in [4.69, 9.17) is 16.3 Å². The van der Waals surface area contributed by atoms with Crippen molar-refractivity contribution in [1.29, 1.82) is 0 Å². The number of rotatable bonds is 6. The number of nitrogens with one attached hydrogen (secondary N) is 1. The molecular formula is C17H26ClNO2. The van der Waals surface area contributed by atoms with Crippen LogP contribution in [0.5, 0.6) is 5.75 Å². The van der Waals surface area contributed by atoms with Crippen LogP contribution in [0.4, 0.5) is 0 Å². The Balaban J connectivity index is 1.75. The van der Waals surface area contributed by atoms with Crippen LogP contribution in [0.15, 0.2) is 24.3 Å². The summed E-state index contributed by atoms with van der Waals surface area (Å²) in [6, 6.07) is 7.80. The van der Waals surface area contributed by atoms with Crippen molar-refractivity contribution in [2.45, 2.75) is 51.7 Å². The van der Waals surface area contributed by atoms with E-state index in [1.807, 2.05) is 18.2 Å². The Morgan fingerprint density at radius 1 is 1.38 bits per heavy atom. The maximum absolute atomic E-state index is 10.1.